The van der Waals surface area contributed by atoms with E-state index in [2.05, 4.69) is 11.9 Å². The summed E-state index contributed by atoms with van der Waals surface area (Å²) in [5, 5.41) is 0.792. The molecule has 1 fully saturated rings. The molecule has 1 aliphatic carbocycles. The maximum atomic E-state index is 12.5. The summed E-state index contributed by atoms with van der Waals surface area (Å²) in [6.07, 6.45) is 9.42. The van der Waals surface area contributed by atoms with Gasteiger partial charge in [-0.05, 0) is 55.9 Å². The Balaban J connectivity index is 1.87. The Morgan fingerprint density at radius 1 is 1.17 bits per heavy atom. The molecule has 2 heterocycles. The molecule has 1 saturated carbocycles. The number of aromatic amines is 1. The van der Waals surface area contributed by atoms with Crippen molar-refractivity contribution >= 4 is 20.6 Å². The molecule has 154 valence electrons. The predicted octanol–water partition coefficient (Wildman–Crippen LogP) is 4.53. The fraction of sp³-hybridized carbons (Fsp3) is 0.409. The first-order valence-corrected chi connectivity index (χ1v) is 11.9. The molecule has 4 rings (SSSR count). The largest absolute Gasteiger partial charge is 0.490 e. The molecule has 0 spiro atoms. The molecule has 1 atom stereocenters. The summed E-state index contributed by atoms with van der Waals surface area (Å²) in [6.45, 7) is 2.27. The molecule has 29 heavy (non-hydrogen) atoms. The van der Waals surface area contributed by atoms with Gasteiger partial charge in [0.15, 0.2) is 0 Å². The molecule has 2 aromatic heterocycles. The van der Waals surface area contributed by atoms with Crippen molar-refractivity contribution in [1.29, 1.82) is 4.78 Å². The van der Waals surface area contributed by atoms with E-state index < -0.39 is 9.73 Å². The van der Waals surface area contributed by atoms with Gasteiger partial charge in [-0.25, -0.2) is 8.99 Å². The average molecular weight is 414 g/mol. The number of pyridine rings is 1. The lowest BCUT2D eigenvalue weighted by molar-refractivity contribution is 0.136. The summed E-state index contributed by atoms with van der Waals surface area (Å²) in [4.78, 5) is 15.9. The van der Waals surface area contributed by atoms with Gasteiger partial charge in [-0.15, -0.1) is 0 Å². The number of nitrogens with zero attached hydrogens (tertiary/aromatic N) is 1. The van der Waals surface area contributed by atoms with Crippen LogP contribution in [0.2, 0.25) is 0 Å². The quantitative estimate of drug-likeness (QED) is 0.659. The number of benzene rings is 1. The second-order valence-electron chi connectivity index (χ2n) is 8.23. The molecule has 7 heteroatoms. The molecule has 6 nitrogen and oxygen atoms in total. The minimum atomic E-state index is -2.88. The first kappa shape index (κ1) is 19.8. The number of hydrogen-bond acceptors (Lipinski definition) is 4. The number of H-pyrrole nitrogens is 1. The summed E-state index contributed by atoms with van der Waals surface area (Å²) in [6, 6.07) is 7.19. The molecule has 0 radical (unpaired) electrons. The van der Waals surface area contributed by atoms with Gasteiger partial charge in [0.2, 0.25) is 0 Å². The van der Waals surface area contributed by atoms with Gasteiger partial charge in [-0.2, -0.15) is 0 Å². The third kappa shape index (κ3) is 3.83. The van der Waals surface area contributed by atoms with Gasteiger partial charge >= 0.3 is 0 Å². The molecule has 0 bridgehead atoms. The van der Waals surface area contributed by atoms with E-state index >= 15 is 0 Å². The Labute approximate surface area is 170 Å². The van der Waals surface area contributed by atoms with Crippen molar-refractivity contribution in [1.82, 2.24) is 9.55 Å². The van der Waals surface area contributed by atoms with E-state index in [0.29, 0.717) is 16.2 Å². The first-order valence-electron chi connectivity index (χ1n) is 9.95. The van der Waals surface area contributed by atoms with Crippen LogP contribution in [-0.2, 0) is 16.8 Å². The number of aromatic nitrogens is 2. The van der Waals surface area contributed by atoms with Crippen LogP contribution >= 0.6 is 0 Å². The van der Waals surface area contributed by atoms with Crippen molar-refractivity contribution < 1.29 is 8.95 Å². The van der Waals surface area contributed by atoms with Gasteiger partial charge in [0.05, 0.1) is 15.8 Å². The third-order valence-corrected chi connectivity index (χ3v) is 7.00. The van der Waals surface area contributed by atoms with Crippen molar-refractivity contribution in [3.05, 3.63) is 47.0 Å². The maximum absolute atomic E-state index is 12.5. The van der Waals surface area contributed by atoms with Crippen LogP contribution in [0.4, 0.5) is 0 Å². The average Bonchev–Trinajstić information content (AvgIpc) is 3.16. The van der Waals surface area contributed by atoms with Gasteiger partial charge in [0, 0.05) is 47.1 Å². The monoisotopic (exact) mass is 413 g/mol. The number of nitrogens with one attached hydrogen (secondary N) is 2. The topological polar surface area (TPSA) is 87.9 Å². The van der Waals surface area contributed by atoms with Gasteiger partial charge in [0.1, 0.15) is 11.3 Å². The van der Waals surface area contributed by atoms with Crippen LogP contribution < -0.4 is 10.3 Å². The fourth-order valence-electron chi connectivity index (χ4n) is 4.08. The van der Waals surface area contributed by atoms with Crippen LogP contribution in [0.1, 0.15) is 32.6 Å². The van der Waals surface area contributed by atoms with Crippen molar-refractivity contribution in [3.8, 4) is 16.9 Å². The minimum Gasteiger partial charge on any atom is -0.490 e. The molecule has 1 unspecified atom stereocenters. The van der Waals surface area contributed by atoms with Gasteiger partial charge in [-0.3, -0.25) is 4.79 Å². The Hall–Kier alpha value is -2.54. The fourth-order valence-corrected chi connectivity index (χ4v) is 4.75. The van der Waals surface area contributed by atoms with Crippen LogP contribution in [-0.4, -0.2) is 26.1 Å². The highest BCUT2D eigenvalue weighted by atomic mass is 32.2. The number of rotatable bonds is 4. The lowest BCUT2D eigenvalue weighted by Crippen LogP contribution is -2.23. The first-order chi connectivity index (χ1) is 13.7. The molecule has 0 saturated heterocycles. The zero-order valence-corrected chi connectivity index (χ0v) is 17.8. The summed E-state index contributed by atoms with van der Waals surface area (Å²) in [7, 11) is -1.17. The zero-order chi connectivity index (χ0) is 20.8. The van der Waals surface area contributed by atoms with Crippen LogP contribution in [0.15, 0.2) is 46.3 Å². The van der Waals surface area contributed by atoms with Gasteiger partial charge < -0.3 is 14.3 Å². The second-order valence-corrected chi connectivity index (χ2v) is 10.4. The van der Waals surface area contributed by atoms with Crippen LogP contribution in [0.3, 0.4) is 0 Å². The summed E-state index contributed by atoms with van der Waals surface area (Å²) in [5.74, 6) is 1.44. The van der Waals surface area contributed by atoms with Crippen LogP contribution in [0, 0.1) is 10.7 Å². The highest BCUT2D eigenvalue weighted by Crippen LogP contribution is 2.38. The Kier molecular flexibility index (Phi) is 5.02. The summed E-state index contributed by atoms with van der Waals surface area (Å²) < 4.78 is 28.4. The SMILES string of the molecule is Cn1cc(-c2cc(S(C)(=N)=O)ccc2O[C@H]2CC[C@@H](C)CC2)c2cc[nH]c2c1=O. The number of aryl methyl sites for hydroxylation is 1. The highest BCUT2D eigenvalue weighted by Gasteiger charge is 2.22. The normalized spacial score (nSPS) is 21.8. The highest BCUT2D eigenvalue weighted by molar-refractivity contribution is 7.91. The van der Waals surface area contributed by atoms with E-state index in [-0.39, 0.29) is 11.7 Å². The number of fused-ring (bicyclic) bond motifs is 1. The molecular formula is C22H27N3O3S. The van der Waals surface area contributed by atoms with Gasteiger partial charge in [0.25, 0.3) is 5.56 Å². The molecule has 1 aliphatic rings. The molecule has 2 N–H and O–H groups in total. The molecule has 3 aromatic rings. The van der Waals surface area contributed by atoms with Gasteiger partial charge in [-0.1, -0.05) is 6.92 Å². The predicted molar refractivity (Wildman–Crippen MR) is 116 cm³/mol. The molecule has 1 aromatic carbocycles. The minimum absolute atomic E-state index is 0.103. The molecule has 0 aliphatic heterocycles. The Morgan fingerprint density at radius 2 is 1.90 bits per heavy atom. The number of hydrogen-bond donors (Lipinski definition) is 2. The third-order valence-electron chi connectivity index (χ3n) is 5.84. The molecule has 0 amide bonds. The summed E-state index contributed by atoms with van der Waals surface area (Å²) in [5.41, 5.74) is 2.01. The second kappa shape index (κ2) is 7.37. The van der Waals surface area contributed by atoms with E-state index in [0.717, 1.165) is 48.1 Å². The Morgan fingerprint density at radius 3 is 2.59 bits per heavy atom. The van der Waals surface area contributed by atoms with Crippen LogP contribution in [0.25, 0.3) is 22.0 Å². The standard InChI is InChI=1S/C22H27N3O3S/c1-14-4-6-15(7-5-14)28-20-9-8-16(29(3,23)27)12-18(20)19-13-25(2)22(26)21-17(19)10-11-24-21/h8-15,23-24H,4-7H2,1-3H3/t14-,15+,29?. The van der Waals surface area contributed by atoms with Crippen molar-refractivity contribution in [2.24, 2.45) is 13.0 Å². The van der Waals surface area contributed by atoms with Crippen molar-refractivity contribution in [2.45, 2.75) is 43.6 Å². The molecular weight excluding hydrogens is 386 g/mol. The smallest absolute Gasteiger partial charge is 0.274 e. The van der Waals surface area contributed by atoms with E-state index in [1.807, 2.05) is 12.1 Å². The Bertz CT molecular complexity index is 1220. The van der Waals surface area contributed by atoms with Crippen molar-refractivity contribution in [2.75, 3.05) is 6.26 Å². The van der Waals surface area contributed by atoms with Crippen molar-refractivity contribution in [3.63, 3.8) is 0 Å². The lowest BCUT2D eigenvalue weighted by atomic mass is 9.89. The lowest BCUT2D eigenvalue weighted by Gasteiger charge is -2.28. The van der Waals surface area contributed by atoms with Crippen LogP contribution in [0.5, 0.6) is 5.75 Å². The summed E-state index contributed by atoms with van der Waals surface area (Å²) >= 11 is 0. The van der Waals surface area contributed by atoms with E-state index in [1.54, 1.807) is 31.6 Å². The van der Waals surface area contributed by atoms with E-state index in [1.165, 1.54) is 10.8 Å². The maximum Gasteiger partial charge on any atom is 0.274 e. The van der Waals surface area contributed by atoms with E-state index in [4.69, 9.17) is 9.52 Å². The van der Waals surface area contributed by atoms with E-state index in [9.17, 15) is 9.00 Å². The zero-order valence-electron chi connectivity index (χ0n) is 17.0. The number of ether oxygens (including phenoxy) is 1.